The molecule has 4 aromatic rings. The molecule has 2 aromatic carbocycles. The normalized spacial score (nSPS) is 10.8. The fraction of sp³-hybridized carbons (Fsp3) is 0.160. The van der Waals surface area contributed by atoms with E-state index >= 15 is 0 Å². The maximum Gasteiger partial charge on any atom is 0.252 e. The van der Waals surface area contributed by atoms with Crippen molar-refractivity contribution in [1.29, 1.82) is 0 Å². The molecule has 0 saturated carbocycles. The number of hydrogen-bond donors (Lipinski definition) is 1. The number of benzene rings is 2. The lowest BCUT2D eigenvalue weighted by Gasteiger charge is -2.08. The van der Waals surface area contributed by atoms with Gasteiger partial charge in [0, 0.05) is 30.0 Å². The quantitative estimate of drug-likeness (QED) is 0.480. The predicted molar refractivity (Wildman–Crippen MR) is 117 cm³/mol. The van der Waals surface area contributed by atoms with Crippen LogP contribution in [0, 0.1) is 6.92 Å². The van der Waals surface area contributed by atoms with E-state index < -0.39 is 0 Å². The lowest BCUT2D eigenvalue weighted by atomic mass is 9.99. The number of amides is 1. The zero-order valence-corrected chi connectivity index (χ0v) is 16.4. The summed E-state index contributed by atoms with van der Waals surface area (Å²) in [6.45, 7) is 2.54. The molecule has 4 heteroatoms. The Morgan fingerprint density at radius 1 is 0.931 bits per heavy atom. The van der Waals surface area contributed by atoms with Crippen molar-refractivity contribution in [3.05, 3.63) is 95.9 Å². The molecule has 0 saturated heterocycles. The standard InChI is InChI=1S/C25H23N3O/c1-18-9-10-23(17-28-18)25(29)27-14-3-6-19-5-2-7-20(15-19)21-11-12-24-22(16-21)8-4-13-26-24/h2,4-5,7-13,15-17H,3,6,14H2,1H3,(H,27,29). The monoisotopic (exact) mass is 381 g/mol. The second-order valence-corrected chi connectivity index (χ2v) is 7.16. The van der Waals surface area contributed by atoms with E-state index in [1.807, 2.05) is 25.3 Å². The number of nitrogens with one attached hydrogen (secondary N) is 1. The number of rotatable bonds is 6. The number of hydrogen-bond acceptors (Lipinski definition) is 3. The van der Waals surface area contributed by atoms with Crippen molar-refractivity contribution < 1.29 is 4.79 Å². The number of nitrogens with zero attached hydrogens (tertiary/aromatic N) is 2. The van der Waals surface area contributed by atoms with Gasteiger partial charge in [0.2, 0.25) is 0 Å². The van der Waals surface area contributed by atoms with Gasteiger partial charge in [0.15, 0.2) is 0 Å². The molecule has 29 heavy (non-hydrogen) atoms. The molecule has 0 aliphatic rings. The molecule has 4 rings (SSSR count). The van der Waals surface area contributed by atoms with Crippen molar-refractivity contribution in [1.82, 2.24) is 15.3 Å². The van der Waals surface area contributed by atoms with Crippen molar-refractivity contribution >= 4 is 16.8 Å². The second kappa shape index (κ2) is 8.65. The van der Waals surface area contributed by atoms with E-state index in [0.29, 0.717) is 12.1 Å². The van der Waals surface area contributed by atoms with Crippen LogP contribution in [-0.2, 0) is 6.42 Å². The first kappa shape index (κ1) is 18.8. The molecule has 1 amide bonds. The Labute approximate surface area is 170 Å². The molecule has 0 aliphatic heterocycles. The number of fused-ring (bicyclic) bond motifs is 1. The Balaban J connectivity index is 1.36. The smallest absolute Gasteiger partial charge is 0.252 e. The number of aromatic nitrogens is 2. The van der Waals surface area contributed by atoms with Gasteiger partial charge in [-0.15, -0.1) is 0 Å². The molecule has 2 heterocycles. The minimum Gasteiger partial charge on any atom is -0.352 e. The average Bonchev–Trinajstić information content (AvgIpc) is 2.77. The highest BCUT2D eigenvalue weighted by Gasteiger charge is 2.05. The predicted octanol–water partition coefficient (Wildman–Crippen LogP) is 4.97. The Morgan fingerprint density at radius 3 is 2.69 bits per heavy atom. The van der Waals surface area contributed by atoms with Crippen LogP contribution in [-0.4, -0.2) is 22.4 Å². The molecule has 1 N–H and O–H groups in total. The number of carbonyl (C=O) groups is 1. The second-order valence-electron chi connectivity index (χ2n) is 7.16. The Bertz CT molecular complexity index is 1140. The van der Waals surface area contributed by atoms with E-state index in [1.54, 1.807) is 12.3 Å². The summed E-state index contributed by atoms with van der Waals surface area (Å²) in [6, 6.07) is 22.6. The van der Waals surface area contributed by atoms with E-state index in [-0.39, 0.29) is 5.91 Å². The highest BCUT2D eigenvalue weighted by Crippen LogP contribution is 2.24. The van der Waals surface area contributed by atoms with Gasteiger partial charge in [0.25, 0.3) is 5.91 Å². The molecule has 0 radical (unpaired) electrons. The van der Waals surface area contributed by atoms with E-state index in [9.17, 15) is 4.79 Å². The summed E-state index contributed by atoms with van der Waals surface area (Å²) in [4.78, 5) is 20.7. The number of aryl methyl sites for hydroxylation is 2. The van der Waals surface area contributed by atoms with Gasteiger partial charge in [-0.3, -0.25) is 14.8 Å². The zero-order valence-electron chi connectivity index (χ0n) is 16.4. The first-order valence-corrected chi connectivity index (χ1v) is 9.84. The van der Waals surface area contributed by atoms with Crippen LogP contribution < -0.4 is 5.32 Å². The topological polar surface area (TPSA) is 54.9 Å². The van der Waals surface area contributed by atoms with Gasteiger partial charge < -0.3 is 5.32 Å². The molecule has 0 unspecified atom stereocenters. The van der Waals surface area contributed by atoms with Crippen molar-refractivity contribution in [2.24, 2.45) is 0 Å². The maximum absolute atomic E-state index is 12.2. The minimum atomic E-state index is -0.0731. The summed E-state index contributed by atoms with van der Waals surface area (Å²) in [5.41, 5.74) is 6.16. The highest BCUT2D eigenvalue weighted by atomic mass is 16.1. The highest BCUT2D eigenvalue weighted by molar-refractivity contribution is 5.93. The van der Waals surface area contributed by atoms with Crippen LogP contribution in [0.25, 0.3) is 22.0 Å². The van der Waals surface area contributed by atoms with Gasteiger partial charge in [-0.05, 0) is 66.8 Å². The Morgan fingerprint density at radius 2 is 1.83 bits per heavy atom. The molecule has 4 nitrogen and oxygen atoms in total. The third-order valence-corrected chi connectivity index (χ3v) is 4.96. The fourth-order valence-corrected chi connectivity index (χ4v) is 3.36. The molecule has 2 aromatic heterocycles. The van der Waals surface area contributed by atoms with Gasteiger partial charge in [-0.1, -0.05) is 36.4 Å². The van der Waals surface area contributed by atoms with E-state index in [4.69, 9.17) is 0 Å². The van der Waals surface area contributed by atoms with E-state index in [2.05, 4.69) is 63.8 Å². The fourth-order valence-electron chi connectivity index (χ4n) is 3.36. The third-order valence-electron chi connectivity index (χ3n) is 4.96. The van der Waals surface area contributed by atoms with Crippen LogP contribution in [0.2, 0.25) is 0 Å². The van der Waals surface area contributed by atoms with Crippen LogP contribution in [0.1, 0.15) is 28.0 Å². The lowest BCUT2D eigenvalue weighted by Crippen LogP contribution is -2.24. The van der Waals surface area contributed by atoms with E-state index in [1.165, 1.54) is 16.7 Å². The summed E-state index contributed by atoms with van der Waals surface area (Å²) in [6.07, 6.45) is 5.23. The first-order chi connectivity index (χ1) is 14.2. The molecule has 0 aliphatic carbocycles. The average molecular weight is 381 g/mol. The molecule has 0 fully saturated rings. The lowest BCUT2D eigenvalue weighted by molar-refractivity contribution is 0.0953. The van der Waals surface area contributed by atoms with Crippen LogP contribution >= 0.6 is 0 Å². The Kier molecular flexibility index (Phi) is 5.61. The van der Waals surface area contributed by atoms with Gasteiger partial charge in [0.05, 0.1) is 11.1 Å². The van der Waals surface area contributed by atoms with Gasteiger partial charge in [0.1, 0.15) is 0 Å². The van der Waals surface area contributed by atoms with Crippen molar-refractivity contribution in [2.75, 3.05) is 6.54 Å². The summed E-state index contributed by atoms with van der Waals surface area (Å²) in [7, 11) is 0. The van der Waals surface area contributed by atoms with Crippen LogP contribution in [0.5, 0.6) is 0 Å². The molecular formula is C25H23N3O. The molecule has 0 spiro atoms. The van der Waals surface area contributed by atoms with Gasteiger partial charge in [-0.2, -0.15) is 0 Å². The summed E-state index contributed by atoms with van der Waals surface area (Å²) in [5.74, 6) is -0.0731. The SMILES string of the molecule is Cc1ccc(C(=O)NCCCc2cccc(-c3ccc4ncccc4c3)c2)cn1. The molecular weight excluding hydrogens is 358 g/mol. The van der Waals surface area contributed by atoms with Crippen molar-refractivity contribution in [3.63, 3.8) is 0 Å². The van der Waals surface area contributed by atoms with Crippen molar-refractivity contribution in [3.8, 4) is 11.1 Å². The molecule has 0 bridgehead atoms. The Hall–Kier alpha value is -3.53. The summed E-state index contributed by atoms with van der Waals surface area (Å²) < 4.78 is 0. The van der Waals surface area contributed by atoms with E-state index in [0.717, 1.165) is 29.4 Å². The summed E-state index contributed by atoms with van der Waals surface area (Å²) in [5, 5.41) is 4.11. The molecule has 144 valence electrons. The molecule has 0 atom stereocenters. The van der Waals surface area contributed by atoms with Crippen LogP contribution in [0.3, 0.4) is 0 Å². The third kappa shape index (κ3) is 4.66. The van der Waals surface area contributed by atoms with Crippen LogP contribution in [0.15, 0.2) is 79.1 Å². The number of pyridine rings is 2. The van der Waals surface area contributed by atoms with Gasteiger partial charge >= 0.3 is 0 Å². The first-order valence-electron chi connectivity index (χ1n) is 9.84. The minimum absolute atomic E-state index is 0.0731. The van der Waals surface area contributed by atoms with Crippen molar-refractivity contribution in [2.45, 2.75) is 19.8 Å². The zero-order chi connectivity index (χ0) is 20.1. The largest absolute Gasteiger partial charge is 0.352 e. The van der Waals surface area contributed by atoms with Gasteiger partial charge in [-0.25, -0.2) is 0 Å². The van der Waals surface area contributed by atoms with Crippen LogP contribution in [0.4, 0.5) is 0 Å². The number of carbonyl (C=O) groups excluding carboxylic acids is 1. The summed E-state index contributed by atoms with van der Waals surface area (Å²) >= 11 is 0. The maximum atomic E-state index is 12.2.